The van der Waals surface area contributed by atoms with Gasteiger partial charge >= 0.3 is 0 Å². The van der Waals surface area contributed by atoms with Crippen molar-refractivity contribution in [3.63, 3.8) is 0 Å². The van der Waals surface area contributed by atoms with E-state index in [1.807, 2.05) is 12.3 Å². The molecular weight excluding hydrogens is 280 g/mol. The topological polar surface area (TPSA) is 45.4 Å². The highest BCUT2D eigenvalue weighted by atomic mass is 79.9. The van der Waals surface area contributed by atoms with Crippen LogP contribution in [0, 0.1) is 0 Å². The van der Waals surface area contributed by atoms with Gasteiger partial charge in [0.25, 0.3) is 0 Å². The molecular formula is C12H19BrN4. The first-order valence-electron chi connectivity index (χ1n) is 6.08. The minimum Gasteiger partial charge on any atom is -0.354 e. The van der Waals surface area contributed by atoms with Crippen LogP contribution in [-0.2, 0) is 0 Å². The average Bonchev–Trinajstić information content (AvgIpc) is 2.38. The van der Waals surface area contributed by atoms with Crippen LogP contribution in [0.2, 0.25) is 0 Å². The Kier molecular flexibility index (Phi) is 4.76. The summed E-state index contributed by atoms with van der Waals surface area (Å²) in [5.74, 6) is 1.08. The maximum absolute atomic E-state index is 5.53. The second kappa shape index (κ2) is 6.33. The van der Waals surface area contributed by atoms with Crippen molar-refractivity contribution < 1.29 is 0 Å². The standard InChI is InChI=1S/C12H19BrN4/c13-11-2-3-12(15-10-11)17-8-6-16(7-9-17)5-1-4-14/h2-3,10H,1,4-9,14H2. The maximum atomic E-state index is 5.53. The van der Waals surface area contributed by atoms with Crippen LogP contribution in [0.5, 0.6) is 0 Å². The predicted molar refractivity (Wildman–Crippen MR) is 74.3 cm³/mol. The van der Waals surface area contributed by atoms with Crippen molar-refractivity contribution in [1.29, 1.82) is 0 Å². The summed E-state index contributed by atoms with van der Waals surface area (Å²) in [4.78, 5) is 9.24. The number of nitrogens with two attached hydrogens (primary N) is 1. The van der Waals surface area contributed by atoms with E-state index in [9.17, 15) is 0 Å². The SMILES string of the molecule is NCCCN1CCN(c2ccc(Br)cn2)CC1. The first-order chi connectivity index (χ1) is 8.29. The molecule has 1 saturated heterocycles. The lowest BCUT2D eigenvalue weighted by molar-refractivity contribution is 0.256. The van der Waals surface area contributed by atoms with Crippen LogP contribution in [0.3, 0.4) is 0 Å². The van der Waals surface area contributed by atoms with E-state index in [1.165, 1.54) is 0 Å². The predicted octanol–water partition coefficient (Wildman–Crippen LogP) is 1.31. The molecule has 0 atom stereocenters. The fourth-order valence-corrected chi connectivity index (χ4v) is 2.31. The molecule has 94 valence electrons. The Bertz CT molecular complexity index is 333. The zero-order valence-electron chi connectivity index (χ0n) is 9.98. The number of halogens is 1. The monoisotopic (exact) mass is 298 g/mol. The van der Waals surface area contributed by atoms with Gasteiger partial charge in [-0.05, 0) is 47.6 Å². The van der Waals surface area contributed by atoms with Crippen molar-refractivity contribution in [2.45, 2.75) is 6.42 Å². The molecule has 0 radical (unpaired) electrons. The van der Waals surface area contributed by atoms with Crippen molar-refractivity contribution >= 4 is 21.7 Å². The van der Waals surface area contributed by atoms with Crippen LogP contribution in [0.1, 0.15) is 6.42 Å². The number of hydrogen-bond donors (Lipinski definition) is 1. The van der Waals surface area contributed by atoms with Gasteiger partial charge in [0.1, 0.15) is 5.82 Å². The molecule has 2 rings (SSSR count). The first-order valence-corrected chi connectivity index (χ1v) is 6.88. The summed E-state index contributed by atoms with van der Waals surface area (Å²) >= 11 is 3.41. The highest BCUT2D eigenvalue weighted by Gasteiger charge is 2.17. The Morgan fingerprint density at radius 3 is 2.59 bits per heavy atom. The zero-order valence-corrected chi connectivity index (χ0v) is 11.6. The van der Waals surface area contributed by atoms with Gasteiger partial charge in [0, 0.05) is 36.8 Å². The van der Waals surface area contributed by atoms with Crippen LogP contribution >= 0.6 is 15.9 Å². The smallest absolute Gasteiger partial charge is 0.128 e. The molecule has 0 bridgehead atoms. The molecule has 0 unspecified atom stereocenters. The van der Waals surface area contributed by atoms with Gasteiger partial charge in [0.05, 0.1) is 0 Å². The van der Waals surface area contributed by atoms with Gasteiger partial charge in [-0.2, -0.15) is 0 Å². The lowest BCUT2D eigenvalue weighted by Gasteiger charge is -2.35. The number of hydrogen-bond acceptors (Lipinski definition) is 4. The van der Waals surface area contributed by atoms with E-state index >= 15 is 0 Å². The van der Waals surface area contributed by atoms with E-state index in [1.54, 1.807) is 0 Å². The largest absolute Gasteiger partial charge is 0.354 e. The minimum atomic E-state index is 0.786. The van der Waals surface area contributed by atoms with E-state index in [0.29, 0.717) is 0 Å². The molecule has 0 amide bonds. The van der Waals surface area contributed by atoms with Crippen molar-refractivity contribution in [1.82, 2.24) is 9.88 Å². The van der Waals surface area contributed by atoms with Crippen molar-refractivity contribution in [2.24, 2.45) is 5.73 Å². The Hall–Kier alpha value is -0.650. The van der Waals surface area contributed by atoms with Gasteiger partial charge in [-0.25, -0.2) is 4.98 Å². The number of aromatic nitrogens is 1. The minimum absolute atomic E-state index is 0.786. The highest BCUT2D eigenvalue weighted by Crippen LogP contribution is 2.16. The molecule has 1 aromatic heterocycles. The lowest BCUT2D eigenvalue weighted by Crippen LogP contribution is -2.47. The quantitative estimate of drug-likeness (QED) is 0.910. The van der Waals surface area contributed by atoms with E-state index in [4.69, 9.17) is 5.73 Å². The summed E-state index contributed by atoms with van der Waals surface area (Å²) in [5.41, 5.74) is 5.53. The summed E-state index contributed by atoms with van der Waals surface area (Å²) in [5, 5.41) is 0. The molecule has 1 aromatic rings. The van der Waals surface area contributed by atoms with Gasteiger partial charge in [0.15, 0.2) is 0 Å². The summed E-state index contributed by atoms with van der Waals surface area (Å²) < 4.78 is 1.03. The third-order valence-electron chi connectivity index (χ3n) is 3.09. The Balaban J connectivity index is 1.84. The summed E-state index contributed by atoms with van der Waals surface area (Å²) in [6, 6.07) is 4.11. The van der Waals surface area contributed by atoms with Gasteiger partial charge < -0.3 is 10.6 Å². The van der Waals surface area contributed by atoms with Crippen LogP contribution in [-0.4, -0.2) is 49.2 Å². The van der Waals surface area contributed by atoms with Gasteiger partial charge in [-0.3, -0.25) is 4.90 Å². The number of rotatable bonds is 4. The fraction of sp³-hybridized carbons (Fsp3) is 0.583. The molecule has 0 aromatic carbocycles. The average molecular weight is 299 g/mol. The second-order valence-electron chi connectivity index (χ2n) is 4.31. The fourth-order valence-electron chi connectivity index (χ4n) is 2.07. The van der Waals surface area contributed by atoms with Crippen LogP contribution in [0.15, 0.2) is 22.8 Å². The summed E-state index contributed by atoms with van der Waals surface area (Å²) in [7, 11) is 0. The molecule has 4 nitrogen and oxygen atoms in total. The van der Waals surface area contributed by atoms with Crippen molar-refractivity contribution in [3.8, 4) is 0 Å². The Morgan fingerprint density at radius 2 is 2.00 bits per heavy atom. The van der Waals surface area contributed by atoms with E-state index in [2.05, 4.69) is 36.8 Å². The highest BCUT2D eigenvalue weighted by molar-refractivity contribution is 9.10. The van der Waals surface area contributed by atoms with E-state index in [0.717, 1.165) is 56.0 Å². The normalized spacial score (nSPS) is 17.4. The molecule has 0 aliphatic carbocycles. The number of nitrogens with zero attached hydrogens (tertiary/aromatic N) is 3. The zero-order chi connectivity index (χ0) is 12.1. The Morgan fingerprint density at radius 1 is 1.24 bits per heavy atom. The second-order valence-corrected chi connectivity index (χ2v) is 5.22. The Labute approximate surface area is 111 Å². The van der Waals surface area contributed by atoms with Crippen molar-refractivity contribution in [3.05, 3.63) is 22.8 Å². The van der Waals surface area contributed by atoms with Gasteiger partial charge in [-0.1, -0.05) is 0 Å². The molecule has 2 heterocycles. The van der Waals surface area contributed by atoms with E-state index < -0.39 is 0 Å². The van der Waals surface area contributed by atoms with Crippen LogP contribution < -0.4 is 10.6 Å². The first kappa shape index (κ1) is 12.8. The maximum Gasteiger partial charge on any atom is 0.128 e. The summed E-state index contributed by atoms with van der Waals surface area (Å²) in [6.45, 7) is 6.24. The number of anilines is 1. The lowest BCUT2D eigenvalue weighted by atomic mass is 10.3. The molecule has 1 fully saturated rings. The van der Waals surface area contributed by atoms with E-state index in [-0.39, 0.29) is 0 Å². The van der Waals surface area contributed by atoms with Gasteiger partial charge in [0.2, 0.25) is 0 Å². The molecule has 0 saturated carbocycles. The third kappa shape index (κ3) is 3.66. The number of pyridine rings is 1. The van der Waals surface area contributed by atoms with Crippen molar-refractivity contribution in [2.75, 3.05) is 44.2 Å². The molecule has 0 spiro atoms. The molecule has 1 aliphatic rings. The van der Waals surface area contributed by atoms with Crippen LogP contribution in [0.25, 0.3) is 0 Å². The summed E-state index contributed by atoms with van der Waals surface area (Å²) in [6.07, 6.45) is 2.95. The molecule has 17 heavy (non-hydrogen) atoms. The third-order valence-corrected chi connectivity index (χ3v) is 3.56. The molecule has 2 N–H and O–H groups in total. The van der Waals surface area contributed by atoms with Crippen LogP contribution in [0.4, 0.5) is 5.82 Å². The number of piperazine rings is 1. The molecule has 5 heteroatoms. The van der Waals surface area contributed by atoms with Gasteiger partial charge in [-0.15, -0.1) is 0 Å². The molecule has 1 aliphatic heterocycles.